The van der Waals surface area contributed by atoms with Crippen molar-refractivity contribution in [3.63, 3.8) is 0 Å². The molecule has 0 spiro atoms. The van der Waals surface area contributed by atoms with Crippen molar-refractivity contribution >= 4 is 11.3 Å². The number of benzene rings is 1. The number of rotatable bonds is 2. The van der Waals surface area contributed by atoms with E-state index in [-0.39, 0.29) is 5.82 Å². The highest BCUT2D eigenvalue weighted by Gasteiger charge is 2.07. The number of hydrogen-bond acceptors (Lipinski definition) is 2. The summed E-state index contributed by atoms with van der Waals surface area (Å²) < 4.78 is 13.6. The molecule has 0 unspecified atom stereocenters. The third kappa shape index (κ3) is 2.08. The van der Waals surface area contributed by atoms with Gasteiger partial charge in [0.05, 0.1) is 0 Å². The number of thiophene rings is 1. The highest BCUT2D eigenvalue weighted by Crippen LogP contribution is 2.30. The van der Waals surface area contributed by atoms with E-state index in [9.17, 15) is 4.39 Å². The van der Waals surface area contributed by atoms with Crippen LogP contribution in [0.25, 0.3) is 10.4 Å². The van der Waals surface area contributed by atoms with Gasteiger partial charge in [-0.15, -0.1) is 11.3 Å². The van der Waals surface area contributed by atoms with E-state index in [1.165, 1.54) is 0 Å². The lowest BCUT2D eigenvalue weighted by Crippen LogP contribution is -1.91. The van der Waals surface area contributed by atoms with Crippen LogP contribution in [0.2, 0.25) is 0 Å². The highest BCUT2D eigenvalue weighted by atomic mass is 32.1. The van der Waals surface area contributed by atoms with Gasteiger partial charge in [0.1, 0.15) is 5.82 Å². The van der Waals surface area contributed by atoms with E-state index in [1.807, 2.05) is 31.2 Å². The molecule has 0 saturated heterocycles. The largest absolute Gasteiger partial charge is 0.326 e. The summed E-state index contributed by atoms with van der Waals surface area (Å²) >= 11 is 1.54. The van der Waals surface area contributed by atoms with Crippen LogP contribution in [-0.2, 0) is 6.54 Å². The molecule has 1 heterocycles. The zero-order valence-electron chi connectivity index (χ0n) is 8.46. The summed E-state index contributed by atoms with van der Waals surface area (Å²) in [5.41, 5.74) is 7.11. The predicted octanol–water partition coefficient (Wildman–Crippen LogP) is 3.32. The number of hydrogen-bond donors (Lipinski definition) is 1. The van der Waals surface area contributed by atoms with Gasteiger partial charge in [-0.2, -0.15) is 0 Å². The molecule has 0 bridgehead atoms. The van der Waals surface area contributed by atoms with Crippen LogP contribution in [0.4, 0.5) is 4.39 Å². The van der Waals surface area contributed by atoms with Gasteiger partial charge in [-0.1, -0.05) is 12.1 Å². The van der Waals surface area contributed by atoms with Crippen molar-refractivity contribution in [3.8, 4) is 10.4 Å². The van der Waals surface area contributed by atoms with E-state index in [1.54, 1.807) is 17.4 Å². The van der Waals surface area contributed by atoms with Gasteiger partial charge in [0, 0.05) is 21.9 Å². The Kier molecular flexibility index (Phi) is 2.84. The summed E-state index contributed by atoms with van der Waals surface area (Å²) in [6, 6.07) is 9.15. The Morgan fingerprint density at radius 1 is 1.27 bits per heavy atom. The molecule has 2 aromatic rings. The quantitative estimate of drug-likeness (QED) is 0.827. The van der Waals surface area contributed by atoms with Gasteiger partial charge in [-0.25, -0.2) is 4.39 Å². The molecule has 0 atom stereocenters. The summed E-state index contributed by atoms with van der Waals surface area (Å²) in [6.07, 6.45) is 0. The normalized spacial score (nSPS) is 10.6. The molecular formula is C12H12FNS. The van der Waals surface area contributed by atoms with Gasteiger partial charge in [0.15, 0.2) is 0 Å². The van der Waals surface area contributed by atoms with Crippen molar-refractivity contribution in [2.75, 3.05) is 0 Å². The molecule has 2 N–H and O–H groups in total. The van der Waals surface area contributed by atoms with Crippen molar-refractivity contribution in [2.24, 2.45) is 5.73 Å². The lowest BCUT2D eigenvalue weighted by atomic mass is 10.1. The van der Waals surface area contributed by atoms with Crippen molar-refractivity contribution in [1.82, 2.24) is 0 Å². The Morgan fingerprint density at radius 3 is 2.67 bits per heavy atom. The first kappa shape index (κ1) is 10.3. The van der Waals surface area contributed by atoms with Crippen molar-refractivity contribution in [3.05, 3.63) is 46.6 Å². The SMILES string of the molecule is Cc1ccc(-c2ccc(CN)s2)c(F)c1. The second-order valence-corrected chi connectivity index (χ2v) is 4.62. The average Bonchev–Trinajstić information content (AvgIpc) is 2.66. The van der Waals surface area contributed by atoms with Crippen LogP contribution in [0.3, 0.4) is 0 Å². The molecular weight excluding hydrogens is 209 g/mol. The third-order valence-electron chi connectivity index (χ3n) is 2.25. The van der Waals surface area contributed by atoms with E-state index < -0.39 is 0 Å². The fourth-order valence-corrected chi connectivity index (χ4v) is 2.37. The minimum atomic E-state index is -0.166. The topological polar surface area (TPSA) is 26.0 Å². The van der Waals surface area contributed by atoms with Gasteiger partial charge >= 0.3 is 0 Å². The molecule has 15 heavy (non-hydrogen) atoms. The fraction of sp³-hybridized carbons (Fsp3) is 0.167. The van der Waals surface area contributed by atoms with Gasteiger partial charge in [0.25, 0.3) is 0 Å². The van der Waals surface area contributed by atoms with Crippen LogP contribution in [0.5, 0.6) is 0 Å². The van der Waals surface area contributed by atoms with Crippen LogP contribution in [0.1, 0.15) is 10.4 Å². The van der Waals surface area contributed by atoms with Crippen molar-refractivity contribution in [2.45, 2.75) is 13.5 Å². The van der Waals surface area contributed by atoms with Crippen LogP contribution in [0, 0.1) is 12.7 Å². The van der Waals surface area contributed by atoms with Gasteiger partial charge in [0.2, 0.25) is 0 Å². The smallest absolute Gasteiger partial charge is 0.132 e. The summed E-state index contributed by atoms with van der Waals surface area (Å²) in [5, 5.41) is 0. The monoisotopic (exact) mass is 221 g/mol. The fourth-order valence-electron chi connectivity index (χ4n) is 1.45. The third-order valence-corrected chi connectivity index (χ3v) is 3.39. The van der Waals surface area contributed by atoms with E-state index in [2.05, 4.69) is 0 Å². The Bertz CT molecular complexity index is 476. The van der Waals surface area contributed by atoms with E-state index in [0.29, 0.717) is 12.1 Å². The Balaban J connectivity index is 2.44. The van der Waals surface area contributed by atoms with Gasteiger partial charge < -0.3 is 5.73 Å². The van der Waals surface area contributed by atoms with E-state index in [0.717, 1.165) is 15.3 Å². The van der Waals surface area contributed by atoms with Crippen LogP contribution < -0.4 is 5.73 Å². The second kappa shape index (κ2) is 4.13. The maximum atomic E-state index is 13.6. The summed E-state index contributed by atoms with van der Waals surface area (Å²) in [5.74, 6) is -0.166. The molecule has 78 valence electrons. The molecule has 0 fully saturated rings. The second-order valence-electron chi connectivity index (χ2n) is 3.45. The number of nitrogens with two attached hydrogens (primary N) is 1. The summed E-state index contributed by atoms with van der Waals surface area (Å²) in [6.45, 7) is 2.39. The first-order chi connectivity index (χ1) is 7.20. The Hall–Kier alpha value is -1.19. The molecule has 1 nitrogen and oxygen atoms in total. The molecule has 0 saturated carbocycles. The molecule has 0 amide bonds. The van der Waals surface area contributed by atoms with Gasteiger partial charge in [-0.05, 0) is 30.7 Å². The van der Waals surface area contributed by atoms with E-state index in [4.69, 9.17) is 5.73 Å². The number of aryl methyl sites for hydroxylation is 1. The average molecular weight is 221 g/mol. The zero-order valence-corrected chi connectivity index (χ0v) is 9.27. The lowest BCUT2D eigenvalue weighted by molar-refractivity contribution is 0.630. The lowest BCUT2D eigenvalue weighted by Gasteiger charge is -2.00. The minimum absolute atomic E-state index is 0.166. The Labute approximate surface area is 92.4 Å². The standard InChI is InChI=1S/C12H12FNS/c1-8-2-4-10(11(13)6-8)12-5-3-9(7-14)15-12/h2-6H,7,14H2,1H3. The minimum Gasteiger partial charge on any atom is -0.326 e. The molecule has 0 aliphatic heterocycles. The summed E-state index contributed by atoms with van der Waals surface area (Å²) in [4.78, 5) is 2.01. The first-order valence-corrected chi connectivity index (χ1v) is 5.57. The molecule has 0 radical (unpaired) electrons. The zero-order chi connectivity index (χ0) is 10.8. The summed E-state index contributed by atoms with van der Waals surface area (Å²) in [7, 11) is 0. The molecule has 1 aromatic heterocycles. The van der Waals surface area contributed by atoms with Crippen LogP contribution in [-0.4, -0.2) is 0 Å². The molecule has 0 aliphatic rings. The molecule has 0 aliphatic carbocycles. The maximum absolute atomic E-state index is 13.6. The highest BCUT2D eigenvalue weighted by molar-refractivity contribution is 7.15. The Morgan fingerprint density at radius 2 is 2.07 bits per heavy atom. The van der Waals surface area contributed by atoms with Crippen LogP contribution >= 0.6 is 11.3 Å². The molecule has 1 aromatic carbocycles. The van der Waals surface area contributed by atoms with Crippen molar-refractivity contribution < 1.29 is 4.39 Å². The van der Waals surface area contributed by atoms with E-state index >= 15 is 0 Å². The molecule has 2 rings (SSSR count). The predicted molar refractivity (Wildman–Crippen MR) is 62.3 cm³/mol. The molecule has 3 heteroatoms. The maximum Gasteiger partial charge on any atom is 0.132 e. The van der Waals surface area contributed by atoms with Gasteiger partial charge in [-0.3, -0.25) is 0 Å². The van der Waals surface area contributed by atoms with Crippen LogP contribution in [0.15, 0.2) is 30.3 Å². The number of halogens is 1. The first-order valence-electron chi connectivity index (χ1n) is 4.76. The van der Waals surface area contributed by atoms with Crippen molar-refractivity contribution in [1.29, 1.82) is 0 Å².